The molecule has 0 aliphatic rings. The standard InChI is InChI=1S/C17H16Cl2N2O3/c1-10(11-6-8-12(24-2)9-7-11)20-16(22)17(23)21-14-5-3-4-13(18)15(14)19/h3-10H,1-2H3,(H,20,22)(H,21,23). The summed E-state index contributed by atoms with van der Waals surface area (Å²) in [6.45, 7) is 1.78. The summed E-state index contributed by atoms with van der Waals surface area (Å²) in [5.41, 5.74) is 1.12. The van der Waals surface area contributed by atoms with Gasteiger partial charge in [0.1, 0.15) is 5.75 Å². The van der Waals surface area contributed by atoms with Gasteiger partial charge in [-0.1, -0.05) is 41.4 Å². The van der Waals surface area contributed by atoms with Crippen LogP contribution in [0.15, 0.2) is 42.5 Å². The minimum atomic E-state index is -0.820. The highest BCUT2D eigenvalue weighted by Gasteiger charge is 2.18. The number of nitrogens with one attached hydrogen (secondary N) is 2. The molecule has 0 fully saturated rings. The number of methoxy groups -OCH3 is 1. The first kappa shape index (κ1) is 18.1. The quantitative estimate of drug-likeness (QED) is 0.808. The van der Waals surface area contributed by atoms with E-state index in [1.807, 2.05) is 12.1 Å². The second-order valence-electron chi connectivity index (χ2n) is 5.02. The van der Waals surface area contributed by atoms with Crippen LogP contribution < -0.4 is 15.4 Å². The van der Waals surface area contributed by atoms with Gasteiger partial charge in [-0.2, -0.15) is 0 Å². The van der Waals surface area contributed by atoms with E-state index >= 15 is 0 Å². The van der Waals surface area contributed by atoms with Gasteiger partial charge in [0.15, 0.2) is 0 Å². The molecule has 1 unspecified atom stereocenters. The largest absolute Gasteiger partial charge is 0.497 e. The Balaban J connectivity index is 2.00. The maximum atomic E-state index is 12.0. The monoisotopic (exact) mass is 366 g/mol. The molecule has 0 saturated carbocycles. The maximum Gasteiger partial charge on any atom is 0.313 e. The van der Waals surface area contributed by atoms with Gasteiger partial charge in [-0.25, -0.2) is 0 Å². The fourth-order valence-corrected chi connectivity index (χ4v) is 2.37. The first-order chi connectivity index (χ1) is 11.4. The normalized spacial score (nSPS) is 11.5. The molecule has 1 atom stereocenters. The topological polar surface area (TPSA) is 67.4 Å². The summed E-state index contributed by atoms with van der Waals surface area (Å²) in [4.78, 5) is 24.0. The van der Waals surface area contributed by atoms with Crippen molar-refractivity contribution in [3.8, 4) is 5.75 Å². The average molecular weight is 367 g/mol. The molecule has 126 valence electrons. The number of carbonyl (C=O) groups is 2. The predicted molar refractivity (Wildman–Crippen MR) is 94.6 cm³/mol. The molecule has 2 amide bonds. The molecule has 0 aromatic heterocycles. The third-order valence-electron chi connectivity index (χ3n) is 3.37. The predicted octanol–water partition coefficient (Wildman–Crippen LogP) is 3.82. The first-order valence-corrected chi connectivity index (χ1v) is 7.87. The number of hydrogen-bond donors (Lipinski definition) is 2. The lowest BCUT2D eigenvalue weighted by Crippen LogP contribution is -2.36. The Labute approximate surface area is 149 Å². The second kappa shape index (κ2) is 8.04. The van der Waals surface area contributed by atoms with E-state index in [2.05, 4.69) is 10.6 Å². The van der Waals surface area contributed by atoms with E-state index in [-0.39, 0.29) is 16.8 Å². The van der Waals surface area contributed by atoms with E-state index in [4.69, 9.17) is 27.9 Å². The van der Waals surface area contributed by atoms with Crippen LogP contribution in [0.3, 0.4) is 0 Å². The number of ether oxygens (including phenoxy) is 1. The van der Waals surface area contributed by atoms with Gasteiger partial charge in [-0.05, 0) is 36.8 Å². The van der Waals surface area contributed by atoms with E-state index in [0.29, 0.717) is 10.8 Å². The van der Waals surface area contributed by atoms with Crippen LogP contribution in [-0.2, 0) is 9.59 Å². The average Bonchev–Trinajstić information content (AvgIpc) is 2.58. The van der Waals surface area contributed by atoms with E-state index in [1.54, 1.807) is 44.4 Å². The lowest BCUT2D eigenvalue weighted by Gasteiger charge is -2.15. The molecule has 24 heavy (non-hydrogen) atoms. The van der Waals surface area contributed by atoms with Gasteiger partial charge in [0, 0.05) is 0 Å². The summed E-state index contributed by atoms with van der Waals surface area (Å²) in [6.07, 6.45) is 0. The molecule has 0 radical (unpaired) electrons. The second-order valence-corrected chi connectivity index (χ2v) is 5.81. The minimum Gasteiger partial charge on any atom is -0.497 e. The van der Waals surface area contributed by atoms with Crippen molar-refractivity contribution in [1.82, 2.24) is 5.32 Å². The van der Waals surface area contributed by atoms with Gasteiger partial charge in [0.25, 0.3) is 0 Å². The fourth-order valence-electron chi connectivity index (χ4n) is 2.02. The van der Waals surface area contributed by atoms with Crippen molar-refractivity contribution in [3.05, 3.63) is 58.1 Å². The molecule has 2 rings (SSSR count). The molecule has 0 saturated heterocycles. The lowest BCUT2D eigenvalue weighted by atomic mass is 10.1. The van der Waals surface area contributed by atoms with Crippen molar-refractivity contribution >= 4 is 40.7 Å². The van der Waals surface area contributed by atoms with Crippen molar-refractivity contribution in [2.24, 2.45) is 0 Å². The van der Waals surface area contributed by atoms with Gasteiger partial charge in [-0.15, -0.1) is 0 Å². The zero-order chi connectivity index (χ0) is 17.7. The number of hydrogen-bond acceptors (Lipinski definition) is 3. The SMILES string of the molecule is COc1ccc(C(C)NC(=O)C(=O)Nc2cccc(Cl)c2Cl)cc1. The van der Waals surface area contributed by atoms with Crippen LogP contribution >= 0.6 is 23.2 Å². The Morgan fingerprint density at radius 3 is 2.33 bits per heavy atom. The van der Waals surface area contributed by atoms with Crippen LogP contribution in [-0.4, -0.2) is 18.9 Å². The van der Waals surface area contributed by atoms with Crippen molar-refractivity contribution in [1.29, 1.82) is 0 Å². The smallest absolute Gasteiger partial charge is 0.313 e. The third kappa shape index (κ3) is 4.40. The molecule has 7 heteroatoms. The number of halogens is 2. The van der Waals surface area contributed by atoms with E-state index in [0.717, 1.165) is 5.56 Å². The molecule has 0 bridgehead atoms. The number of anilines is 1. The van der Waals surface area contributed by atoms with Gasteiger partial charge >= 0.3 is 11.8 Å². The minimum absolute atomic E-state index is 0.184. The van der Waals surface area contributed by atoms with Crippen molar-refractivity contribution in [2.45, 2.75) is 13.0 Å². The highest BCUT2D eigenvalue weighted by Crippen LogP contribution is 2.29. The van der Waals surface area contributed by atoms with Gasteiger partial charge in [-0.3, -0.25) is 9.59 Å². The molecule has 0 spiro atoms. The van der Waals surface area contributed by atoms with E-state index in [1.165, 1.54) is 0 Å². The highest BCUT2D eigenvalue weighted by atomic mass is 35.5. The molecule has 0 aliphatic heterocycles. The van der Waals surface area contributed by atoms with Gasteiger partial charge < -0.3 is 15.4 Å². The lowest BCUT2D eigenvalue weighted by molar-refractivity contribution is -0.136. The Kier molecular flexibility index (Phi) is 6.06. The third-order valence-corrected chi connectivity index (χ3v) is 4.19. The number of benzene rings is 2. The Morgan fingerprint density at radius 2 is 1.71 bits per heavy atom. The summed E-state index contributed by atoms with van der Waals surface area (Å²) in [7, 11) is 1.57. The maximum absolute atomic E-state index is 12.0. The van der Waals surface area contributed by atoms with Crippen LogP contribution in [0.1, 0.15) is 18.5 Å². The van der Waals surface area contributed by atoms with Crippen LogP contribution in [0.4, 0.5) is 5.69 Å². The summed E-state index contributed by atoms with van der Waals surface area (Å²) in [5.74, 6) is -0.875. The van der Waals surface area contributed by atoms with Crippen LogP contribution in [0.2, 0.25) is 10.0 Å². The van der Waals surface area contributed by atoms with Crippen LogP contribution in [0.5, 0.6) is 5.75 Å². The molecule has 2 N–H and O–H groups in total. The fraction of sp³-hybridized carbons (Fsp3) is 0.176. The Bertz CT molecular complexity index is 748. The first-order valence-electron chi connectivity index (χ1n) is 7.12. The molecule has 0 aliphatic carbocycles. The Morgan fingerprint density at radius 1 is 1.04 bits per heavy atom. The summed E-state index contributed by atoms with van der Waals surface area (Å²) in [6, 6.07) is 11.6. The number of rotatable bonds is 4. The summed E-state index contributed by atoms with van der Waals surface area (Å²) >= 11 is 11.9. The van der Waals surface area contributed by atoms with Crippen molar-refractivity contribution in [2.75, 3.05) is 12.4 Å². The molecule has 2 aromatic carbocycles. The van der Waals surface area contributed by atoms with Crippen LogP contribution in [0, 0.1) is 0 Å². The summed E-state index contributed by atoms with van der Waals surface area (Å²) in [5, 5.41) is 5.54. The molecular formula is C17H16Cl2N2O3. The van der Waals surface area contributed by atoms with Crippen molar-refractivity contribution in [3.63, 3.8) is 0 Å². The number of amides is 2. The number of carbonyl (C=O) groups excluding carboxylic acids is 2. The van der Waals surface area contributed by atoms with E-state index < -0.39 is 11.8 Å². The molecule has 2 aromatic rings. The molecule has 5 nitrogen and oxygen atoms in total. The van der Waals surface area contributed by atoms with Crippen molar-refractivity contribution < 1.29 is 14.3 Å². The van der Waals surface area contributed by atoms with Gasteiger partial charge in [0.05, 0.1) is 28.9 Å². The molecule has 0 heterocycles. The Hall–Kier alpha value is -2.24. The van der Waals surface area contributed by atoms with Gasteiger partial charge in [0.2, 0.25) is 0 Å². The zero-order valence-electron chi connectivity index (χ0n) is 13.1. The highest BCUT2D eigenvalue weighted by molar-refractivity contribution is 6.45. The summed E-state index contributed by atoms with van der Waals surface area (Å²) < 4.78 is 5.08. The van der Waals surface area contributed by atoms with Crippen LogP contribution in [0.25, 0.3) is 0 Å². The zero-order valence-corrected chi connectivity index (χ0v) is 14.6. The molecular weight excluding hydrogens is 351 g/mol. The van der Waals surface area contributed by atoms with E-state index in [9.17, 15) is 9.59 Å².